The fourth-order valence-electron chi connectivity index (χ4n) is 2.91. The minimum absolute atomic E-state index is 0.157. The number of carboxylic acids is 1. The van der Waals surface area contributed by atoms with E-state index in [-0.39, 0.29) is 18.4 Å². The molecule has 2 atom stereocenters. The standard InChI is InChI=1S/C16H17NO4S/c1-21-11-7-13(16(19)20)17(8-11)15(18)6-10-9-22-14-5-3-2-4-12(10)14/h2-5,9,11,13H,6-8H2,1H3,(H,19,20). The summed E-state index contributed by atoms with van der Waals surface area (Å²) in [5.74, 6) is -1.13. The number of amides is 1. The van der Waals surface area contributed by atoms with E-state index in [9.17, 15) is 14.7 Å². The summed E-state index contributed by atoms with van der Waals surface area (Å²) < 4.78 is 6.36. The first kappa shape index (κ1) is 15.0. The predicted octanol–water partition coefficient (Wildman–Crippen LogP) is 2.14. The van der Waals surface area contributed by atoms with Crippen LogP contribution >= 0.6 is 11.3 Å². The highest BCUT2D eigenvalue weighted by molar-refractivity contribution is 7.17. The molecule has 1 aromatic carbocycles. The summed E-state index contributed by atoms with van der Waals surface area (Å²) in [4.78, 5) is 25.3. The molecule has 2 aromatic rings. The van der Waals surface area contributed by atoms with Gasteiger partial charge < -0.3 is 14.7 Å². The van der Waals surface area contributed by atoms with Crippen LogP contribution in [0.1, 0.15) is 12.0 Å². The van der Waals surface area contributed by atoms with Crippen molar-refractivity contribution in [2.75, 3.05) is 13.7 Å². The molecule has 1 aromatic heterocycles. The molecule has 1 aliphatic heterocycles. The molecule has 1 amide bonds. The number of carbonyl (C=O) groups excluding carboxylic acids is 1. The molecule has 1 N–H and O–H groups in total. The summed E-state index contributed by atoms with van der Waals surface area (Å²) in [5, 5.41) is 12.3. The molecule has 22 heavy (non-hydrogen) atoms. The summed E-state index contributed by atoms with van der Waals surface area (Å²) in [5.41, 5.74) is 0.954. The largest absolute Gasteiger partial charge is 0.480 e. The summed E-state index contributed by atoms with van der Waals surface area (Å²) >= 11 is 1.60. The lowest BCUT2D eigenvalue weighted by Crippen LogP contribution is -2.41. The average Bonchev–Trinajstić information content (AvgIpc) is 3.12. The van der Waals surface area contributed by atoms with Crippen molar-refractivity contribution < 1.29 is 19.4 Å². The molecule has 116 valence electrons. The second kappa shape index (κ2) is 6.06. The van der Waals surface area contributed by atoms with Crippen LogP contribution in [0.25, 0.3) is 10.1 Å². The molecule has 5 nitrogen and oxygen atoms in total. The van der Waals surface area contributed by atoms with Crippen molar-refractivity contribution in [2.24, 2.45) is 0 Å². The van der Waals surface area contributed by atoms with E-state index in [1.165, 1.54) is 4.90 Å². The molecular weight excluding hydrogens is 302 g/mol. The van der Waals surface area contributed by atoms with Gasteiger partial charge >= 0.3 is 5.97 Å². The van der Waals surface area contributed by atoms with Gasteiger partial charge in [0.1, 0.15) is 6.04 Å². The molecule has 6 heteroatoms. The average molecular weight is 319 g/mol. The lowest BCUT2D eigenvalue weighted by atomic mass is 10.1. The Morgan fingerprint density at radius 2 is 2.18 bits per heavy atom. The van der Waals surface area contributed by atoms with E-state index >= 15 is 0 Å². The highest BCUT2D eigenvalue weighted by Crippen LogP contribution is 2.28. The van der Waals surface area contributed by atoms with Gasteiger partial charge in [0.2, 0.25) is 5.91 Å². The number of hydrogen-bond acceptors (Lipinski definition) is 4. The molecule has 0 radical (unpaired) electrons. The molecule has 1 saturated heterocycles. The molecule has 2 unspecified atom stereocenters. The second-order valence-electron chi connectivity index (χ2n) is 5.43. The van der Waals surface area contributed by atoms with Crippen molar-refractivity contribution >= 4 is 33.3 Å². The van der Waals surface area contributed by atoms with E-state index in [4.69, 9.17) is 4.74 Å². The molecule has 3 rings (SSSR count). The molecule has 0 saturated carbocycles. The fraction of sp³-hybridized carbons (Fsp3) is 0.375. The van der Waals surface area contributed by atoms with Crippen LogP contribution in [-0.2, 0) is 20.7 Å². The van der Waals surface area contributed by atoms with E-state index in [2.05, 4.69) is 0 Å². The van der Waals surface area contributed by atoms with Gasteiger partial charge in [0, 0.05) is 24.8 Å². The summed E-state index contributed by atoms with van der Waals surface area (Å²) in [6.07, 6.45) is 0.371. The molecule has 2 heterocycles. The van der Waals surface area contributed by atoms with Gasteiger partial charge in [0.15, 0.2) is 0 Å². The van der Waals surface area contributed by atoms with Gasteiger partial charge in [-0.2, -0.15) is 0 Å². The first-order valence-corrected chi connectivity index (χ1v) is 7.98. The number of carbonyl (C=O) groups is 2. The SMILES string of the molecule is COC1CC(C(=O)O)N(C(=O)Cc2csc3ccccc23)C1. The van der Waals surface area contributed by atoms with Crippen molar-refractivity contribution in [3.63, 3.8) is 0 Å². The lowest BCUT2D eigenvalue weighted by molar-refractivity contribution is -0.147. The maximum atomic E-state index is 12.5. The number of fused-ring (bicyclic) bond motifs is 1. The zero-order chi connectivity index (χ0) is 15.7. The number of hydrogen-bond donors (Lipinski definition) is 1. The first-order valence-electron chi connectivity index (χ1n) is 7.10. The Bertz CT molecular complexity index is 711. The Morgan fingerprint density at radius 3 is 2.91 bits per heavy atom. The Labute approximate surface area is 132 Å². The van der Waals surface area contributed by atoms with Crippen LogP contribution in [0, 0.1) is 0 Å². The van der Waals surface area contributed by atoms with Crippen LogP contribution in [-0.4, -0.2) is 47.7 Å². The number of thiophene rings is 1. The minimum Gasteiger partial charge on any atom is -0.480 e. The Kier molecular flexibility index (Phi) is 4.13. The van der Waals surface area contributed by atoms with E-state index in [1.54, 1.807) is 18.4 Å². The van der Waals surface area contributed by atoms with Crippen molar-refractivity contribution in [1.29, 1.82) is 0 Å². The van der Waals surface area contributed by atoms with Crippen LogP contribution in [0.2, 0.25) is 0 Å². The monoisotopic (exact) mass is 319 g/mol. The molecule has 0 aliphatic carbocycles. The van der Waals surface area contributed by atoms with Crippen molar-refractivity contribution in [1.82, 2.24) is 4.90 Å². The van der Waals surface area contributed by atoms with Gasteiger partial charge in [-0.1, -0.05) is 18.2 Å². The van der Waals surface area contributed by atoms with Crippen LogP contribution in [0.3, 0.4) is 0 Å². The molecule has 1 fully saturated rings. The third-order valence-corrected chi connectivity index (χ3v) is 5.12. The van der Waals surface area contributed by atoms with Crippen LogP contribution in [0.15, 0.2) is 29.6 Å². The van der Waals surface area contributed by atoms with E-state index < -0.39 is 12.0 Å². The summed E-state index contributed by atoms with van der Waals surface area (Å²) in [7, 11) is 1.55. The zero-order valence-electron chi connectivity index (χ0n) is 12.2. The van der Waals surface area contributed by atoms with Gasteiger partial charge in [-0.25, -0.2) is 4.79 Å². The van der Waals surface area contributed by atoms with E-state index in [1.807, 2.05) is 29.6 Å². The zero-order valence-corrected chi connectivity index (χ0v) is 13.0. The maximum absolute atomic E-state index is 12.5. The highest BCUT2D eigenvalue weighted by atomic mass is 32.1. The van der Waals surface area contributed by atoms with Crippen LogP contribution < -0.4 is 0 Å². The number of nitrogens with zero attached hydrogens (tertiary/aromatic N) is 1. The van der Waals surface area contributed by atoms with Gasteiger partial charge in [-0.05, 0) is 22.4 Å². The Hall–Kier alpha value is -1.92. The predicted molar refractivity (Wildman–Crippen MR) is 84.1 cm³/mol. The second-order valence-corrected chi connectivity index (χ2v) is 6.34. The number of rotatable bonds is 4. The van der Waals surface area contributed by atoms with Crippen LogP contribution in [0.4, 0.5) is 0 Å². The van der Waals surface area contributed by atoms with E-state index in [0.717, 1.165) is 15.6 Å². The first-order chi connectivity index (χ1) is 10.6. The number of likely N-dealkylation sites (tertiary alicyclic amines) is 1. The number of benzene rings is 1. The van der Waals surface area contributed by atoms with Gasteiger partial charge in [-0.3, -0.25) is 4.79 Å². The third-order valence-electron chi connectivity index (χ3n) is 4.10. The summed E-state index contributed by atoms with van der Waals surface area (Å²) in [6, 6.07) is 7.13. The Balaban J connectivity index is 1.80. The van der Waals surface area contributed by atoms with Crippen molar-refractivity contribution in [2.45, 2.75) is 25.0 Å². The quantitative estimate of drug-likeness (QED) is 0.937. The minimum atomic E-state index is -0.969. The van der Waals surface area contributed by atoms with Crippen LogP contribution in [0.5, 0.6) is 0 Å². The fourth-order valence-corrected chi connectivity index (χ4v) is 3.87. The maximum Gasteiger partial charge on any atom is 0.326 e. The third kappa shape index (κ3) is 2.71. The molecule has 0 spiro atoms. The van der Waals surface area contributed by atoms with Gasteiger partial charge in [-0.15, -0.1) is 11.3 Å². The highest BCUT2D eigenvalue weighted by Gasteiger charge is 2.39. The molecular formula is C16H17NO4S. The van der Waals surface area contributed by atoms with Crippen molar-refractivity contribution in [3.05, 3.63) is 35.2 Å². The number of carboxylic acid groups (broad SMARTS) is 1. The molecule has 1 aliphatic rings. The lowest BCUT2D eigenvalue weighted by Gasteiger charge is -2.21. The number of methoxy groups -OCH3 is 1. The van der Waals surface area contributed by atoms with Gasteiger partial charge in [0.25, 0.3) is 0 Å². The van der Waals surface area contributed by atoms with Crippen molar-refractivity contribution in [3.8, 4) is 0 Å². The number of aliphatic carboxylic acids is 1. The smallest absolute Gasteiger partial charge is 0.326 e. The normalized spacial score (nSPS) is 21.4. The topological polar surface area (TPSA) is 66.8 Å². The Morgan fingerprint density at radius 1 is 1.41 bits per heavy atom. The van der Waals surface area contributed by atoms with Gasteiger partial charge in [0.05, 0.1) is 12.5 Å². The number of ether oxygens (including phenoxy) is 1. The van der Waals surface area contributed by atoms with E-state index in [0.29, 0.717) is 13.0 Å². The summed E-state index contributed by atoms with van der Waals surface area (Å²) in [6.45, 7) is 0.342. The molecule has 0 bridgehead atoms.